The third kappa shape index (κ3) is 4.89. The van der Waals surface area contributed by atoms with Crippen molar-refractivity contribution in [3.8, 4) is 5.75 Å². The lowest BCUT2D eigenvalue weighted by molar-refractivity contribution is -0.114. The summed E-state index contributed by atoms with van der Waals surface area (Å²) in [5.74, 6) is 0.481. The molecule has 8 heteroatoms. The van der Waals surface area contributed by atoms with Gasteiger partial charge in [-0.3, -0.25) is 9.59 Å². The Bertz CT molecular complexity index is 999. The minimum Gasteiger partial charge on any atom is -0.489 e. The van der Waals surface area contributed by atoms with Crippen molar-refractivity contribution in [2.45, 2.75) is 20.5 Å². The zero-order valence-electron chi connectivity index (χ0n) is 15.3. The van der Waals surface area contributed by atoms with Crippen molar-refractivity contribution in [1.82, 2.24) is 5.16 Å². The molecule has 1 heterocycles. The molecule has 28 heavy (non-hydrogen) atoms. The Morgan fingerprint density at radius 1 is 1.11 bits per heavy atom. The summed E-state index contributed by atoms with van der Waals surface area (Å²) in [4.78, 5) is 23.7. The molecule has 0 aliphatic heterocycles. The number of benzene rings is 2. The third-order valence-electron chi connectivity index (χ3n) is 3.84. The highest BCUT2D eigenvalue weighted by Gasteiger charge is 2.20. The molecule has 0 radical (unpaired) electrons. The highest BCUT2D eigenvalue weighted by atomic mass is 35.5. The molecule has 2 amide bonds. The summed E-state index contributed by atoms with van der Waals surface area (Å²) < 4.78 is 10.9. The average Bonchev–Trinajstić information content (AvgIpc) is 3.02. The number of nitrogens with one attached hydrogen (secondary N) is 2. The van der Waals surface area contributed by atoms with Crippen LogP contribution < -0.4 is 15.4 Å². The zero-order valence-corrected chi connectivity index (χ0v) is 16.0. The second-order valence-corrected chi connectivity index (χ2v) is 6.46. The summed E-state index contributed by atoms with van der Waals surface area (Å²) in [6.07, 6.45) is 0. The topological polar surface area (TPSA) is 93.5 Å². The van der Waals surface area contributed by atoms with E-state index in [1.54, 1.807) is 55.5 Å². The molecule has 0 saturated carbocycles. The van der Waals surface area contributed by atoms with Crippen LogP contribution in [0.25, 0.3) is 0 Å². The molecule has 144 valence electrons. The summed E-state index contributed by atoms with van der Waals surface area (Å²) in [5.41, 5.74) is 1.89. The number of halogens is 1. The van der Waals surface area contributed by atoms with Gasteiger partial charge in [-0.1, -0.05) is 22.8 Å². The number of carbonyl (C=O) groups excluding carboxylic acids is 2. The highest BCUT2D eigenvalue weighted by Crippen LogP contribution is 2.22. The maximum Gasteiger partial charge on any atom is 0.278 e. The normalized spacial score (nSPS) is 10.4. The summed E-state index contributed by atoms with van der Waals surface area (Å²) in [6, 6.07) is 13.7. The van der Waals surface area contributed by atoms with Crippen LogP contribution in [-0.4, -0.2) is 17.0 Å². The molecule has 0 spiro atoms. The summed E-state index contributed by atoms with van der Waals surface area (Å²) >= 11 is 5.95. The predicted molar refractivity (Wildman–Crippen MR) is 106 cm³/mol. The van der Waals surface area contributed by atoms with Crippen molar-refractivity contribution in [3.05, 3.63) is 70.6 Å². The Balaban J connectivity index is 1.69. The van der Waals surface area contributed by atoms with Gasteiger partial charge in [0.1, 0.15) is 18.1 Å². The zero-order chi connectivity index (χ0) is 20.1. The molecular formula is C20H18ClN3O4. The van der Waals surface area contributed by atoms with E-state index in [0.29, 0.717) is 33.5 Å². The number of aryl methyl sites for hydroxylation is 1. The van der Waals surface area contributed by atoms with Gasteiger partial charge in [-0.2, -0.15) is 0 Å². The number of hydrogen-bond acceptors (Lipinski definition) is 5. The van der Waals surface area contributed by atoms with Gasteiger partial charge in [-0.25, -0.2) is 0 Å². The van der Waals surface area contributed by atoms with Gasteiger partial charge in [0, 0.05) is 23.3 Å². The van der Waals surface area contributed by atoms with Gasteiger partial charge >= 0.3 is 0 Å². The molecule has 0 atom stereocenters. The first-order valence-electron chi connectivity index (χ1n) is 8.45. The second-order valence-electron chi connectivity index (χ2n) is 6.02. The largest absolute Gasteiger partial charge is 0.489 e. The molecule has 0 aliphatic carbocycles. The number of rotatable bonds is 6. The number of hydrogen-bond donors (Lipinski definition) is 2. The molecule has 0 saturated heterocycles. The SMILES string of the molecule is CC(=O)Nc1ccc(NC(=O)c2noc(C)c2COc2cccc(Cl)c2)cc1. The molecular weight excluding hydrogens is 382 g/mol. The Labute approximate surface area is 166 Å². The molecule has 2 aromatic carbocycles. The van der Waals surface area contributed by atoms with E-state index in [-0.39, 0.29) is 18.2 Å². The summed E-state index contributed by atoms with van der Waals surface area (Å²) in [6.45, 7) is 3.25. The van der Waals surface area contributed by atoms with Gasteiger partial charge in [0.15, 0.2) is 5.69 Å². The van der Waals surface area contributed by atoms with Crippen LogP contribution in [0.3, 0.4) is 0 Å². The Kier molecular flexibility index (Phi) is 5.96. The van der Waals surface area contributed by atoms with E-state index >= 15 is 0 Å². The second kappa shape index (κ2) is 8.58. The number of aromatic nitrogens is 1. The smallest absolute Gasteiger partial charge is 0.278 e. The van der Waals surface area contributed by atoms with Crippen molar-refractivity contribution in [2.24, 2.45) is 0 Å². The standard InChI is InChI=1S/C20H18ClN3O4/c1-12-18(11-27-17-5-3-4-14(21)10-17)19(24-28-12)20(26)23-16-8-6-15(7-9-16)22-13(2)25/h3-10H,11H2,1-2H3,(H,22,25)(H,23,26). The maximum atomic E-state index is 12.6. The first-order chi connectivity index (χ1) is 13.4. The molecule has 7 nitrogen and oxygen atoms in total. The Hall–Kier alpha value is -3.32. The van der Waals surface area contributed by atoms with Crippen molar-refractivity contribution in [3.63, 3.8) is 0 Å². The fourth-order valence-corrected chi connectivity index (χ4v) is 2.66. The number of anilines is 2. The molecule has 3 aromatic rings. The van der Waals surface area contributed by atoms with Gasteiger partial charge in [0.25, 0.3) is 5.91 Å². The van der Waals surface area contributed by atoms with Crippen LogP contribution >= 0.6 is 11.6 Å². The number of amides is 2. The number of ether oxygens (including phenoxy) is 1. The molecule has 2 N–H and O–H groups in total. The lowest BCUT2D eigenvalue weighted by atomic mass is 10.2. The van der Waals surface area contributed by atoms with E-state index in [1.807, 2.05) is 0 Å². The minimum absolute atomic E-state index is 0.111. The number of carbonyl (C=O) groups is 2. The van der Waals surface area contributed by atoms with E-state index in [0.717, 1.165) is 0 Å². The fraction of sp³-hybridized carbons (Fsp3) is 0.150. The van der Waals surface area contributed by atoms with E-state index in [4.69, 9.17) is 20.9 Å². The molecule has 0 bridgehead atoms. The van der Waals surface area contributed by atoms with Gasteiger partial charge in [0.2, 0.25) is 5.91 Å². The third-order valence-corrected chi connectivity index (χ3v) is 4.08. The van der Waals surface area contributed by atoms with E-state index in [1.165, 1.54) is 6.92 Å². The van der Waals surface area contributed by atoms with Gasteiger partial charge < -0.3 is 19.9 Å². The van der Waals surface area contributed by atoms with Crippen molar-refractivity contribution < 1.29 is 18.8 Å². The molecule has 0 aliphatic rings. The highest BCUT2D eigenvalue weighted by molar-refractivity contribution is 6.30. The van der Waals surface area contributed by atoms with Gasteiger partial charge in [-0.15, -0.1) is 0 Å². The van der Waals surface area contributed by atoms with Crippen molar-refractivity contribution >= 4 is 34.8 Å². The minimum atomic E-state index is -0.422. The van der Waals surface area contributed by atoms with E-state index < -0.39 is 5.91 Å². The fourth-order valence-electron chi connectivity index (χ4n) is 2.48. The lowest BCUT2D eigenvalue weighted by Crippen LogP contribution is -2.15. The molecule has 3 rings (SSSR count). The van der Waals surface area contributed by atoms with Crippen molar-refractivity contribution in [2.75, 3.05) is 10.6 Å². The van der Waals surface area contributed by atoms with Crippen LogP contribution in [0, 0.1) is 6.92 Å². The maximum absolute atomic E-state index is 12.6. The Morgan fingerprint density at radius 3 is 2.43 bits per heavy atom. The van der Waals surface area contributed by atoms with Crippen molar-refractivity contribution in [1.29, 1.82) is 0 Å². The van der Waals surface area contributed by atoms with Crippen LogP contribution in [0.15, 0.2) is 53.1 Å². The van der Waals surface area contributed by atoms with Crippen LogP contribution in [0.5, 0.6) is 5.75 Å². The average molecular weight is 400 g/mol. The lowest BCUT2D eigenvalue weighted by Gasteiger charge is -2.08. The quantitative estimate of drug-likeness (QED) is 0.639. The number of nitrogens with zero attached hydrogens (tertiary/aromatic N) is 1. The first kappa shape index (κ1) is 19.4. The van der Waals surface area contributed by atoms with E-state index in [9.17, 15) is 9.59 Å². The molecule has 1 aromatic heterocycles. The van der Waals surface area contributed by atoms with Gasteiger partial charge in [0.05, 0.1) is 5.56 Å². The summed E-state index contributed by atoms with van der Waals surface area (Å²) in [7, 11) is 0. The molecule has 0 fully saturated rings. The predicted octanol–water partition coefficient (Wildman–Crippen LogP) is 4.43. The van der Waals surface area contributed by atoms with Crippen LogP contribution in [0.1, 0.15) is 28.7 Å². The Morgan fingerprint density at radius 2 is 1.79 bits per heavy atom. The summed E-state index contributed by atoms with van der Waals surface area (Å²) in [5, 5.41) is 9.81. The van der Waals surface area contributed by atoms with Crippen LogP contribution in [-0.2, 0) is 11.4 Å². The molecule has 0 unspecified atom stereocenters. The van der Waals surface area contributed by atoms with Crippen LogP contribution in [0.4, 0.5) is 11.4 Å². The van der Waals surface area contributed by atoms with Crippen LogP contribution in [0.2, 0.25) is 5.02 Å². The first-order valence-corrected chi connectivity index (χ1v) is 8.82. The van der Waals surface area contributed by atoms with E-state index in [2.05, 4.69) is 15.8 Å². The monoisotopic (exact) mass is 399 g/mol. The van der Waals surface area contributed by atoms with Gasteiger partial charge in [-0.05, 0) is 49.4 Å².